The summed E-state index contributed by atoms with van der Waals surface area (Å²) in [7, 11) is 0. The molecule has 1 N–H and O–H groups in total. The summed E-state index contributed by atoms with van der Waals surface area (Å²) < 4.78 is 4.91. The Balaban J connectivity index is 1.40. The Morgan fingerprint density at radius 2 is 1.97 bits per heavy atom. The minimum Gasteiger partial charge on any atom is -0.362 e. The highest BCUT2D eigenvalue weighted by Crippen LogP contribution is 2.34. The molecule has 1 aliphatic rings. The third-order valence-electron chi connectivity index (χ3n) is 5.27. The van der Waals surface area contributed by atoms with Gasteiger partial charge in [0.15, 0.2) is 11.5 Å². The van der Waals surface area contributed by atoms with Gasteiger partial charge in [-0.05, 0) is 52.7 Å². The average Bonchev–Trinajstić information content (AvgIpc) is 3.34. The number of rotatable bonds is 3. The number of nitrogens with one attached hydrogen (secondary N) is 1. The van der Waals surface area contributed by atoms with Crippen LogP contribution in [0.15, 0.2) is 24.5 Å². The molecule has 7 nitrogen and oxygen atoms in total. The van der Waals surface area contributed by atoms with Crippen LogP contribution in [0.5, 0.6) is 0 Å². The number of hydrogen-bond donors (Lipinski definition) is 1. The second-order valence-corrected chi connectivity index (χ2v) is 10.1. The van der Waals surface area contributed by atoms with Crippen molar-refractivity contribution in [3.05, 3.63) is 35.8 Å². The fourth-order valence-electron chi connectivity index (χ4n) is 4.11. The molecule has 0 spiro atoms. The highest BCUT2D eigenvalue weighted by Gasteiger charge is 2.27. The van der Waals surface area contributed by atoms with Crippen molar-refractivity contribution in [2.45, 2.75) is 52.6 Å². The topological polar surface area (TPSA) is 63.3 Å². The lowest BCUT2D eigenvalue weighted by Gasteiger charge is -2.26. The highest BCUT2D eigenvalue weighted by molar-refractivity contribution is 7.22. The van der Waals surface area contributed by atoms with Crippen molar-refractivity contribution >= 4 is 32.2 Å². The Morgan fingerprint density at radius 1 is 1.14 bits per heavy atom. The van der Waals surface area contributed by atoms with E-state index in [0.29, 0.717) is 6.04 Å². The lowest BCUT2D eigenvalue weighted by atomic mass is 10.1. The van der Waals surface area contributed by atoms with Crippen molar-refractivity contribution < 1.29 is 0 Å². The van der Waals surface area contributed by atoms with Crippen LogP contribution >= 0.6 is 11.3 Å². The molecule has 1 fully saturated rings. The van der Waals surface area contributed by atoms with Gasteiger partial charge in [-0.15, -0.1) is 16.4 Å². The van der Waals surface area contributed by atoms with E-state index in [1.807, 2.05) is 39.7 Å². The minimum absolute atomic E-state index is 0.154. The number of nitrogens with zero attached hydrogens (tertiary/aromatic N) is 6. The molecule has 0 aromatic carbocycles. The first-order chi connectivity index (χ1) is 13.7. The molecule has 1 saturated heterocycles. The van der Waals surface area contributed by atoms with E-state index in [1.54, 1.807) is 0 Å². The standard InChI is InChI=1S/C21H27N7S/c1-13-8-18(25-28-10-14(2)22-20(13)28)27-12-17-16(24-27)9-19(29-17)26-7-6-15(11-26)23-21(3,4)5/h8-10,12,15,23H,6-7,11H2,1-5H3. The van der Waals surface area contributed by atoms with E-state index in [-0.39, 0.29) is 5.54 Å². The summed E-state index contributed by atoms with van der Waals surface area (Å²) in [4.78, 5) is 7.00. The Morgan fingerprint density at radius 3 is 2.72 bits per heavy atom. The Hall–Kier alpha value is -2.45. The average molecular weight is 410 g/mol. The van der Waals surface area contributed by atoms with E-state index >= 15 is 0 Å². The predicted octanol–water partition coefficient (Wildman–Crippen LogP) is 3.71. The number of hydrogen-bond acceptors (Lipinski definition) is 6. The number of aryl methyl sites for hydroxylation is 2. The first-order valence-electron chi connectivity index (χ1n) is 10.1. The van der Waals surface area contributed by atoms with Gasteiger partial charge in [0.25, 0.3) is 0 Å². The molecular weight excluding hydrogens is 382 g/mol. The van der Waals surface area contributed by atoms with Gasteiger partial charge in [-0.1, -0.05) is 0 Å². The van der Waals surface area contributed by atoms with Crippen molar-refractivity contribution in [1.29, 1.82) is 0 Å². The zero-order valence-corrected chi connectivity index (χ0v) is 18.4. The van der Waals surface area contributed by atoms with E-state index in [1.165, 1.54) is 16.1 Å². The van der Waals surface area contributed by atoms with Gasteiger partial charge < -0.3 is 10.2 Å². The lowest BCUT2D eigenvalue weighted by molar-refractivity contribution is 0.373. The maximum absolute atomic E-state index is 4.80. The highest BCUT2D eigenvalue weighted by atomic mass is 32.1. The minimum atomic E-state index is 0.154. The van der Waals surface area contributed by atoms with Gasteiger partial charge in [0.05, 0.1) is 27.8 Å². The summed E-state index contributed by atoms with van der Waals surface area (Å²) >= 11 is 1.81. The van der Waals surface area contributed by atoms with E-state index in [2.05, 4.69) is 60.3 Å². The van der Waals surface area contributed by atoms with Crippen molar-refractivity contribution in [1.82, 2.24) is 29.7 Å². The van der Waals surface area contributed by atoms with Crippen LogP contribution in [0.4, 0.5) is 5.00 Å². The zero-order valence-electron chi connectivity index (χ0n) is 17.6. The van der Waals surface area contributed by atoms with E-state index in [9.17, 15) is 0 Å². The van der Waals surface area contributed by atoms with Crippen LogP contribution in [0, 0.1) is 13.8 Å². The fraction of sp³-hybridized carbons (Fsp3) is 0.476. The Labute approximate surface area is 174 Å². The van der Waals surface area contributed by atoms with Gasteiger partial charge >= 0.3 is 0 Å². The van der Waals surface area contributed by atoms with Crippen LogP contribution in [0.1, 0.15) is 38.4 Å². The quantitative estimate of drug-likeness (QED) is 0.559. The van der Waals surface area contributed by atoms with E-state index < -0.39 is 0 Å². The molecule has 29 heavy (non-hydrogen) atoms. The van der Waals surface area contributed by atoms with Crippen molar-refractivity contribution in [3.63, 3.8) is 0 Å². The van der Waals surface area contributed by atoms with Gasteiger partial charge in [-0.2, -0.15) is 5.10 Å². The van der Waals surface area contributed by atoms with Crippen molar-refractivity contribution in [2.75, 3.05) is 18.0 Å². The number of aromatic nitrogens is 5. The molecule has 1 unspecified atom stereocenters. The first-order valence-corrected chi connectivity index (χ1v) is 10.9. The van der Waals surface area contributed by atoms with Crippen molar-refractivity contribution in [2.24, 2.45) is 0 Å². The van der Waals surface area contributed by atoms with Crippen molar-refractivity contribution in [3.8, 4) is 5.82 Å². The van der Waals surface area contributed by atoms with Gasteiger partial charge in [0.2, 0.25) is 0 Å². The van der Waals surface area contributed by atoms with Crippen LogP contribution in [0.3, 0.4) is 0 Å². The molecule has 152 valence electrons. The molecule has 0 aliphatic carbocycles. The normalized spacial score (nSPS) is 17.8. The van der Waals surface area contributed by atoms with Gasteiger partial charge in [-0.3, -0.25) is 0 Å². The summed E-state index contributed by atoms with van der Waals surface area (Å²) in [5.41, 5.74) is 4.14. The monoisotopic (exact) mass is 409 g/mol. The first kappa shape index (κ1) is 18.6. The third kappa shape index (κ3) is 3.51. The molecule has 1 aliphatic heterocycles. The molecule has 0 amide bonds. The summed E-state index contributed by atoms with van der Waals surface area (Å²) in [5, 5.41) is 14.5. The summed E-state index contributed by atoms with van der Waals surface area (Å²) in [6.45, 7) is 12.9. The molecule has 8 heteroatoms. The summed E-state index contributed by atoms with van der Waals surface area (Å²) in [6, 6.07) is 4.80. The van der Waals surface area contributed by atoms with Gasteiger partial charge in [0, 0.05) is 30.7 Å². The Bertz CT molecular complexity index is 1160. The zero-order chi connectivity index (χ0) is 20.3. The molecule has 1 atom stereocenters. The second-order valence-electron chi connectivity index (χ2n) is 9.07. The number of anilines is 1. The molecular formula is C21H27N7S. The SMILES string of the molecule is Cc1cn2nc(-n3cc4sc(N5CCC(NC(C)(C)C)C5)cc4n3)cc(C)c2n1. The van der Waals surface area contributed by atoms with E-state index in [0.717, 1.165) is 41.3 Å². The molecule has 5 rings (SSSR count). The number of fused-ring (bicyclic) bond motifs is 2. The summed E-state index contributed by atoms with van der Waals surface area (Å²) in [5.74, 6) is 0.813. The molecule has 4 aromatic rings. The van der Waals surface area contributed by atoms with Crippen LogP contribution in [0.25, 0.3) is 21.7 Å². The maximum atomic E-state index is 4.80. The van der Waals surface area contributed by atoms with Gasteiger partial charge in [0.1, 0.15) is 5.52 Å². The van der Waals surface area contributed by atoms with Crippen LogP contribution in [-0.4, -0.2) is 49.0 Å². The molecule has 0 saturated carbocycles. The Kier molecular flexibility index (Phi) is 4.18. The van der Waals surface area contributed by atoms with Crippen LogP contribution in [0.2, 0.25) is 0 Å². The van der Waals surface area contributed by atoms with Gasteiger partial charge in [-0.25, -0.2) is 14.2 Å². The van der Waals surface area contributed by atoms with Crippen LogP contribution in [-0.2, 0) is 0 Å². The fourth-order valence-corrected chi connectivity index (χ4v) is 5.16. The largest absolute Gasteiger partial charge is 0.362 e. The summed E-state index contributed by atoms with van der Waals surface area (Å²) in [6.07, 6.45) is 5.22. The molecule has 0 bridgehead atoms. The molecule has 0 radical (unpaired) electrons. The smallest absolute Gasteiger partial charge is 0.174 e. The lowest BCUT2D eigenvalue weighted by Crippen LogP contribution is -2.44. The third-order valence-corrected chi connectivity index (χ3v) is 6.39. The molecule has 5 heterocycles. The predicted molar refractivity (Wildman–Crippen MR) is 118 cm³/mol. The maximum Gasteiger partial charge on any atom is 0.174 e. The number of imidazole rings is 1. The van der Waals surface area contributed by atoms with Crippen LogP contribution < -0.4 is 10.2 Å². The van der Waals surface area contributed by atoms with E-state index in [4.69, 9.17) is 5.10 Å². The number of thiophene rings is 1. The molecule has 4 aromatic heterocycles. The second kappa shape index (κ2) is 6.53.